The molecule has 1 amide bonds. The summed E-state index contributed by atoms with van der Waals surface area (Å²) in [6, 6.07) is 18.6. The smallest absolute Gasteiger partial charge is 0.262 e. The van der Waals surface area contributed by atoms with E-state index in [1.165, 1.54) is 24.3 Å². The first-order valence-electron chi connectivity index (χ1n) is 12.1. The van der Waals surface area contributed by atoms with E-state index in [0.29, 0.717) is 35.3 Å². The Balaban J connectivity index is 1.27. The zero-order chi connectivity index (χ0) is 27.3. The Hall–Kier alpha value is -4.18. The second kappa shape index (κ2) is 11.5. The molecule has 10 heteroatoms. The van der Waals surface area contributed by atoms with Gasteiger partial charge in [-0.1, -0.05) is 37.2 Å². The average Bonchev–Trinajstić information content (AvgIpc) is 3.35. The maximum absolute atomic E-state index is 12.7. The second-order valence-electron chi connectivity index (χ2n) is 9.29. The minimum atomic E-state index is -3.76. The third-order valence-electron chi connectivity index (χ3n) is 5.84. The molecule has 4 aromatic rings. The van der Waals surface area contributed by atoms with Gasteiger partial charge >= 0.3 is 0 Å². The number of benzene rings is 3. The van der Waals surface area contributed by atoms with Crippen LogP contribution in [0.15, 0.2) is 76.1 Å². The Morgan fingerprint density at radius 2 is 1.63 bits per heavy atom. The van der Waals surface area contributed by atoms with E-state index in [2.05, 4.69) is 20.2 Å². The van der Waals surface area contributed by atoms with Gasteiger partial charge in [0.05, 0.1) is 4.90 Å². The van der Waals surface area contributed by atoms with Crippen LogP contribution in [-0.4, -0.2) is 31.1 Å². The van der Waals surface area contributed by atoms with Gasteiger partial charge in [-0.3, -0.25) is 9.52 Å². The summed E-state index contributed by atoms with van der Waals surface area (Å²) in [5, 5.41) is 6.76. The third kappa shape index (κ3) is 6.98. The van der Waals surface area contributed by atoms with Crippen LogP contribution in [-0.2, 0) is 21.2 Å². The Labute approximate surface area is 222 Å². The highest BCUT2D eigenvalue weighted by atomic mass is 32.2. The third-order valence-corrected chi connectivity index (χ3v) is 7.24. The largest absolute Gasteiger partial charge is 0.484 e. The predicted molar refractivity (Wildman–Crippen MR) is 145 cm³/mol. The van der Waals surface area contributed by atoms with Crippen molar-refractivity contribution in [3.05, 3.63) is 95.1 Å². The molecule has 0 saturated heterocycles. The number of nitrogens with zero attached hydrogens (tertiary/aromatic N) is 2. The summed E-state index contributed by atoms with van der Waals surface area (Å²) >= 11 is 0. The Bertz CT molecular complexity index is 1510. The van der Waals surface area contributed by atoms with E-state index in [-0.39, 0.29) is 23.3 Å². The number of nitrogens with one attached hydrogen (secondary N) is 2. The van der Waals surface area contributed by atoms with E-state index in [0.717, 1.165) is 16.7 Å². The molecule has 0 spiro atoms. The molecule has 0 aliphatic rings. The molecule has 38 heavy (non-hydrogen) atoms. The van der Waals surface area contributed by atoms with Gasteiger partial charge in [-0.05, 0) is 79.1 Å². The first kappa shape index (κ1) is 26.9. The molecule has 0 atom stereocenters. The number of anilines is 2. The number of hydrogen-bond donors (Lipinski definition) is 2. The molecular weight excluding hydrogens is 504 g/mol. The number of carbonyl (C=O) groups is 1. The fraction of sp³-hybridized carbons (Fsp3) is 0.250. The zero-order valence-corrected chi connectivity index (χ0v) is 22.5. The van der Waals surface area contributed by atoms with E-state index in [1.807, 2.05) is 45.9 Å². The lowest BCUT2D eigenvalue weighted by Gasteiger charge is -2.11. The predicted octanol–water partition coefficient (Wildman–Crippen LogP) is 5.22. The van der Waals surface area contributed by atoms with E-state index < -0.39 is 10.0 Å². The van der Waals surface area contributed by atoms with Gasteiger partial charge in [-0.2, -0.15) is 4.98 Å². The summed E-state index contributed by atoms with van der Waals surface area (Å²) < 4.78 is 38.7. The SMILES string of the molecule is Cc1ccc(NS(=O)(=O)c2ccc(OCC(=O)Nc3ccc(Cc4noc(C(C)C)n4)cc3)cc2)cc1C. The second-order valence-corrected chi connectivity index (χ2v) is 11.0. The van der Waals surface area contributed by atoms with E-state index >= 15 is 0 Å². The van der Waals surface area contributed by atoms with Crippen LogP contribution < -0.4 is 14.8 Å². The summed E-state index contributed by atoms with van der Waals surface area (Å²) in [7, 11) is -3.76. The first-order valence-corrected chi connectivity index (χ1v) is 13.6. The number of rotatable bonds is 10. The molecule has 0 aliphatic heterocycles. The standard InChI is InChI=1S/C28H30N4O5S/c1-18(2)28-30-26(31-37-28)16-21-6-9-22(10-7-21)29-27(33)17-36-24-11-13-25(14-12-24)38(34,35)32-23-8-5-19(3)20(4)15-23/h5-15,18,32H,16-17H2,1-4H3,(H,29,33). The lowest BCUT2D eigenvalue weighted by Crippen LogP contribution is -2.20. The van der Waals surface area contributed by atoms with Crippen molar-refractivity contribution in [2.45, 2.75) is 44.9 Å². The summed E-state index contributed by atoms with van der Waals surface area (Å²) in [4.78, 5) is 16.8. The number of amides is 1. The molecule has 1 heterocycles. The number of aryl methyl sites for hydroxylation is 2. The molecule has 0 radical (unpaired) electrons. The molecule has 3 aromatic carbocycles. The van der Waals surface area contributed by atoms with Gasteiger partial charge in [0.2, 0.25) is 5.89 Å². The van der Waals surface area contributed by atoms with Gasteiger partial charge in [0.15, 0.2) is 12.4 Å². The van der Waals surface area contributed by atoms with Crippen LogP contribution in [0.4, 0.5) is 11.4 Å². The molecule has 0 unspecified atom stereocenters. The Morgan fingerprint density at radius 1 is 0.947 bits per heavy atom. The van der Waals surface area contributed by atoms with Crippen molar-refractivity contribution in [2.75, 3.05) is 16.6 Å². The molecule has 198 valence electrons. The highest BCUT2D eigenvalue weighted by molar-refractivity contribution is 7.92. The number of sulfonamides is 1. The first-order chi connectivity index (χ1) is 18.1. The van der Waals surface area contributed by atoms with Crippen LogP contribution in [0, 0.1) is 13.8 Å². The van der Waals surface area contributed by atoms with Crippen LogP contribution >= 0.6 is 0 Å². The highest BCUT2D eigenvalue weighted by Gasteiger charge is 2.15. The van der Waals surface area contributed by atoms with Crippen LogP contribution in [0.1, 0.15) is 48.2 Å². The van der Waals surface area contributed by atoms with E-state index in [4.69, 9.17) is 9.26 Å². The van der Waals surface area contributed by atoms with Crippen LogP contribution in [0.5, 0.6) is 5.75 Å². The minimum Gasteiger partial charge on any atom is -0.484 e. The number of hydrogen-bond acceptors (Lipinski definition) is 7. The van der Waals surface area contributed by atoms with Crippen LogP contribution in [0.2, 0.25) is 0 Å². The highest BCUT2D eigenvalue weighted by Crippen LogP contribution is 2.21. The number of carbonyl (C=O) groups excluding carboxylic acids is 1. The van der Waals surface area contributed by atoms with Crippen molar-refractivity contribution < 1.29 is 22.5 Å². The van der Waals surface area contributed by atoms with Gasteiger partial charge in [0.25, 0.3) is 15.9 Å². The van der Waals surface area contributed by atoms with Gasteiger partial charge in [0, 0.05) is 23.7 Å². The van der Waals surface area contributed by atoms with Crippen molar-refractivity contribution in [3.8, 4) is 5.75 Å². The maximum Gasteiger partial charge on any atom is 0.262 e. The number of ether oxygens (including phenoxy) is 1. The van der Waals surface area contributed by atoms with Gasteiger partial charge in [-0.15, -0.1) is 0 Å². The van der Waals surface area contributed by atoms with Gasteiger partial charge < -0.3 is 14.6 Å². The molecule has 0 bridgehead atoms. The maximum atomic E-state index is 12.7. The summed E-state index contributed by atoms with van der Waals surface area (Å²) in [5.74, 6) is 1.42. The lowest BCUT2D eigenvalue weighted by atomic mass is 10.1. The van der Waals surface area contributed by atoms with Gasteiger partial charge in [-0.25, -0.2) is 8.42 Å². The Kier molecular flexibility index (Phi) is 8.11. The van der Waals surface area contributed by atoms with Crippen LogP contribution in [0.3, 0.4) is 0 Å². The molecule has 2 N–H and O–H groups in total. The number of aromatic nitrogens is 2. The topological polar surface area (TPSA) is 123 Å². The van der Waals surface area contributed by atoms with Crippen LogP contribution in [0.25, 0.3) is 0 Å². The summed E-state index contributed by atoms with van der Waals surface area (Å²) in [5.41, 5.74) is 4.17. The molecule has 1 aromatic heterocycles. The molecule has 0 saturated carbocycles. The molecule has 0 fully saturated rings. The summed E-state index contributed by atoms with van der Waals surface area (Å²) in [6.07, 6.45) is 0.527. The monoisotopic (exact) mass is 534 g/mol. The molecule has 0 aliphatic carbocycles. The molecule has 4 rings (SSSR count). The minimum absolute atomic E-state index is 0.0915. The van der Waals surface area contributed by atoms with E-state index in [1.54, 1.807) is 24.3 Å². The van der Waals surface area contributed by atoms with Crippen molar-refractivity contribution in [2.24, 2.45) is 0 Å². The molecule has 9 nitrogen and oxygen atoms in total. The normalized spacial score (nSPS) is 11.4. The average molecular weight is 535 g/mol. The zero-order valence-electron chi connectivity index (χ0n) is 21.7. The van der Waals surface area contributed by atoms with Crippen molar-refractivity contribution in [3.63, 3.8) is 0 Å². The van der Waals surface area contributed by atoms with Crippen molar-refractivity contribution in [1.29, 1.82) is 0 Å². The van der Waals surface area contributed by atoms with E-state index in [9.17, 15) is 13.2 Å². The van der Waals surface area contributed by atoms with Crippen molar-refractivity contribution in [1.82, 2.24) is 10.1 Å². The fourth-order valence-electron chi connectivity index (χ4n) is 3.54. The van der Waals surface area contributed by atoms with Crippen molar-refractivity contribution >= 4 is 27.3 Å². The lowest BCUT2D eigenvalue weighted by molar-refractivity contribution is -0.118. The Morgan fingerprint density at radius 3 is 2.26 bits per heavy atom. The van der Waals surface area contributed by atoms with Gasteiger partial charge in [0.1, 0.15) is 5.75 Å². The quantitative estimate of drug-likeness (QED) is 0.286. The summed E-state index contributed by atoms with van der Waals surface area (Å²) in [6.45, 7) is 7.64. The fourth-order valence-corrected chi connectivity index (χ4v) is 4.59. The molecular formula is C28H30N4O5S.